The monoisotopic (exact) mass is 284 g/mol. The number of nitrogens with one attached hydrogen (secondary N) is 1. The van der Waals surface area contributed by atoms with Crippen molar-refractivity contribution in [2.75, 3.05) is 11.6 Å². The molecule has 20 heavy (non-hydrogen) atoms. The van der Waals surface area contributed by atoms with Crippen molar-refractivity contribution >= 4 is 33.7 Å². The minimum Gasteiger partial charge on any atom is -0.471 e. The van der Waals surface area contributed by atoms with Crippen LogP contribution in [0.4, 0.5) is 11.4 Å². The van der Waals surface area contributed by atoms with Crippen LogP contribution < -0.4 is 10.2 Å². The number of nitrogens with zero attached hydrogens (tertiary/aromatic N) is 1. The van der Waals surface area contributed by atoms with Crippen LogP contribution in [-0.4, -0.2) is 6.67 Å². The fourth-order valence-electron chi connectivity index (χ4n) is 2.66. The maximum atomic E-state index is 6.32. The maximum Gasteiger partial charge on any atom is 0.112 e. The van der Waals surface area contributed by atoms with Gasteiger partial charge in [-0.1, -0.05) is 18.2 Å². The van der Waals surface area contributed by atoms with Gasteiger partial charge >= 0.3 is 0 Å². The predicted octanol–water partition coefficient (Wildman–Crippen LogP) is 4.37. The van der Waals surface area contributed by atoms with Crippen LogP contribution in [-0.2, 0) is 0 Å². The molecule has 1 aromatic heterocycles. The van der Waals surface area contributed by atoms with Crippen LogP contribution in [0.5, 0.6) is 0 Å². The lowest BCUT2D eigenvalue weighted by Gasteiger charge is -2.34. The van der Waals surface area contributed by atoms with E-state index in [1.807, 2.05) is 12.1 Å². The summed E-state index contributed by atoms with van der Waals surface area (Å²) < 4.78 is 5.24. The Kier molecular flexibility index (Phi) is 2.69. The minimum atomic E-state index is -0.139. The van der Waals surface area contributed by atoms with E-state index < -0.39 is 0 Å². The van der Waals surface area contributed by atoms with Gasteiger partial charge in [0.2, 0.25) is 0 Å². The summed E-state index contributed by atoms with van der Waals surface area (Å²) in [7, 11) is 0. The Hall–Kier alpha value is -1.97. The molecule has 4 heteroatoms. The molecular weight excluding hydrogens is 272 g/mol. The van der Waals surface area contributed by atoms with Crippen molar-refractivity contribution < 1.29 is 4.42 Å². The van der Waals surface area contributed by atoms with Crippen LogP contribution in [0.15, 0.2) is 59.4 Å². The van der Waals surface area contributed by atoms with Gasteiger partial charge < -0.3 is 9.32 Å². The molecule has 4 rings (SSSR count). The number of hydrogen-bond donors (Lipinski definition) is 1. The molecule has 1 unspecified atom stereocenters. The van der Waals surface area contributed by atoms with Gasteiger partial charge in [0.25, 0.3) is 0 Å². The van der Waals surface area contributed by atoms with Gasteiger partial charge in [-0.05, 0) is 24.3 Å². The first kappa shape index (κ1) is 11.8. The Bertz CT molecular complexity index is 768. The number of rotatable bonds is 1. The molecule has 0 fully saturated rings. The standard InChI is InChI=1S/C16H13ClN2O/c17-16-14-3-1-2-4-15(14)19(10-18-16)13-6-5-11-8-20-9-12(11)7-13/h1-9,16,18H,10H2. The van der Waals surface area contributed by atoms with Crippen LogP contribution in [0, 0.1) is 0 Å². The summed E-state index contributed by atoms with van der Waals surface area (Å²) in [6, 6.07) is 14.5. The van der Waals surface area contributed by atoms with Gasteiger partial charge in [-0.3, -0.25) is 5.32 Å². The van der Waals surface area contributed by atoms with Crippen LogP contribution in [0.2, 0.25) is 0 Å². The van der Waals surface area contributed by atoms with Gasteiger partial charge in [-0.25, -0.2) is 0 Å². The molecule has 1 N–H and O–H groups in total. The van der Waals surface area contributed by atoms with Crippen molar-refractivity contribution in [1.82, 2.24) is 5.32 Å². The second-order valence-electron chi connectivity index (χ2n) is 4.90. The van der Waals surface area contributed by atoms with Crippen LogP contribution in [0.1, 0.15) is 11.1 Å². The molecule has 100 valence electrons. The lowest BCUT2D eigenvalue weighted by atomic mass is 10.1. The third-order valence-corrected chi connectivity index (χ3v) is 4.09. The summed E-state index contributed by atoms with van der Waals surface area (Å²) in [5.41, 5.74) is 3.24. The van der Waals surface area contributed by atoms with E-state index in [1.165, 1.54) is 0 Å². The van der Waals surface area contributed by atoms with Crippen molar-refractivity contribution in [2.45, 2.75) is 5.50 Å². The highest BCUT2D eigenvalue weighted by atomic mass is 35.5. The quantitative estimate of drug-likeness (QED) is 0.531. The number of anilines is 2. The predicted molar refractivity (Wildman–Crippen MR) is 81.4 cm³/mol. The van der Waals surface area contributed by atoms with Crippen molar-refractivity contribution in [3.63, 3.8) is 0 Å². The third-order valence-electron chi connectivity index (χ3n) is 3.70. The van der Waals surface area contributed by atoms with Gasteiger partial charge in [0.15, 0.2) is 0 Å². The lowest BCUT2D eigenvalue weighted by molar-refractivity contribution is 0.572. The van der Waals surface area contributed by atoms with Crippen LogP contribution in [0.25, 0.3) is 10.8 Å². The lowest BCUT2D eigenvalue weighted by Crippen LogP contribution is -2.37. The first-order chi connectivity index (χ1) is 9.83. The molecule has 1 aliphatic heterocycles. The Balaban J connectivity index is 1.84. The fraction of sp³-hybridized carbons (Fsp3) is 0.125. The average molecular weight is 285 g/mol. The molecule has 0 saturated carbocycles. The molecule has 1 aliphatic rings. The van der Waals surface area contributed by atoms with Crippen molar-refractivity contribution in [3.05, 3.63) is 60.6 Å². The molecule has 0 amide bonds. The Morgan fingerprint density at radius 1 is 1.10 bits per heavy atom. The smallest absolute Gasteiger partial charge is 0.112 e. The number of hydrogen-bond acceptors (Lipinski definition) is 3. The third kappa shape index (κ3) is 1.79. The Morgan fingerprint density at radius 2 is 1.95 bits per heavy atom. The van der Waals surface area contributed by atoms with Crippen molar-refractivity contribution in [1.29, 1.82) is 0 Å². The number of alkyl halides is 1. The van der Waals surface area contributed by atoms with Gasteiger partial charge in [-0.2, -0.15) is 0 Å². The summed E-state index contributed by atoms with van der Waals surface area (Å²) in [5, 5.41) is 5.51. The highest BCUT2D eigenvalue weighted by Gasteiger charge is 2.23. The molecular formula is C16H13ClN2O. The van der Waals surface area contributed by atoms with E-state index in [-0.39, 0.29) is 5.50 Å². The molecule has 3 nitrogen and oxygen atoms in total. The van der Waals surface area contributed by atoms with Gasteiger partial charge in [0, 0.05) is 27.7 Å². The second kappa shape index (κ2) is 4.54. The van der Waals surface area contributed by atoms with Crippen molar-refractivity contribution in [3.8, 4) is 0 Å². The molecule has 0 saturated heterocycles. The normalized spacial score (nSPS) is 18.2. The SMILES string of the molecule is ClC1NCN(c2ccc3cocc3c2)c2ccccc21. The number of para-hydroxylation sites is 1. The van der Waals surface area contributed by atoms with E-state index in [1.54, 1.807) is 12.5 Å². The highest BCUT2D eigenvalue weighted by Crippen LogP contribution is 2.37. The van der Waals surface area contributed by atoms with Crippen molar-refractivity contribution in [2.24, 2.45) is 0 Å². The van der Waals surface area contributed by atoms with E-state index in [4.69, 9.17) is 16.0 Å². The topological polar surface area (TPSA) is 28.4 Å². The minimum absolute atomic E-state index is 0.139. The van der Waals surface area contributed by atoms with Gasteiger partial charge in [0.05, 0.1) is 19.2 Å². The molecule has 1 atom stereocenters. The summed E-state index contributed by atoms with van der Waals surface area (Å²) in [4.78, 5) is 2.22. The summed E-state index contributed by atoms with van der Waals surface area (Å²) in [6.07, 6.45) is 3.53. The van der Waals surface area contributed by atoms with Gasteiger partial charge in [0.1, 0.15) is 5.50 Å². The zero-order valence-corrected chi connectivity index (χ0v) is 11.5. The number of furan rings is 1. The molecule has 0 radical (unpaired) electrons. The van der Waals surface area contributed by atoms with Crippen LogP contribution in [0.3, 0.4) is 0 Å². The van der Waals surface area contributed by atoms with E-state index in [0.717, 1.165) is 27.7 Å². The average Bonchev–Trinajstić information content (AvgIpc) is 2.95. The molecule has 0 aliphatic carbocycles. The highest BCUT2D eigenvalue weighted by molar-refractivity contribution is 6.21. The molecule has 3 aromatic rings. The number of halogens is 1. The Morgan fingerprint density at radius 3 is 2.90 bits per heavy atom. The summed E-state index contributed by atoms with van der Waals surface area (Å²) >= 11 is 6.32. The molecule has 2 heterocycles. The summed E-state index contributed by atoms with van der Waals surface area (Å²) in [6.45, 7) is 0.689. The van der Waals surface area contributed by atoms with E-state index in [9.17, 15) is 0 Å². The fourth-order valence-corrected chi connectivity index (χ4v) is 2.92. The molecule has 2 aromatic carbocycles. The van der Waals surface area contributed by atoms with E-state index in [2.05, 4.69) is 40.5 Å². The number of fused-ring (bicyclic) bond motifs is 2. The zero-order valence-electron chi connectivity index (χ0n) is 10.7. The summed E-state index contributed by atoms with van der Waals surface area (Å²) in [5.74, 6) is 0. The molecule has 0 spiro atoms. The van der Waals surface area contributed by atoms with E-state index in [0.29, 0.717) is 6.67 Å². The largest absolute Gasteiger partial charge is 0.471 e. The van der Waals surface area contributed by atoms with E-state index >= 15 is 0 Å². The second-order valence-corrected chi connectivity index (χ2v) is 5.33. The Labute approximate surface area is 121 Å². The maximum absolute atomic E-state index is 6.32. The van der Waals surface area contributed by atoms with Crippen LogP contribution >= 0.6 is 11.6 Å². The first-order valence-electron chi connectivity index (χ1n) is 6.53. The number of benzene rings is 2. The zero-order chi connectivity index (χ0) is 13.5. The first-order valence-corrected chi connectivity index (χ1v) is 6.96. The molecule has 0 bridgehead atoms. The van der Waals surface area contributed by atoms with Gasteiger partial charge in [-0.15, -0.1) is 11.6 Å².